The molecular formula is C19H18F3N3O3. The van der Waals surface area contributed by atoms with Crippen LogP contribution in [0, 0.1) is 5.92 Å². The van der Waals surface area contributed by atoms with Crippen LogP contribution in [0.5, 0.6) is 11.6 Å². The zero-order chi connectivity index (χ0) is 19.6. The maximum Gasteiger partial charge on any atom is 0.573 e. The Morgan fingerprint density at radius 3 is 2.75 bits per heavy atom. The molecule has 6 nitrogen and oxygen atoms in total. The molecule has 0 saturated carbocycles. The molecule has 1 aliphatic rings. The van der Waals surface area contributed by atoms with Gasteiger partial charge in [-0.1, -0.05) is 12.1 Å². The van der Waals surface area contributed by atoms with Gasteiger partial charge in [0.1, 0.15) is 5.75 Å². The van der Waals surface area contributed by atoms with E-state index in [4.69, 9.17) is 9.47 Å². The van der Waals surface area contributed by atoms with Crippen LogP contribution in [0.2, 0.25) is 0 Å². The van der Waals surface area contributed by atoms with Crippen molar-refractivity contribution in [3.63, 3.8) is 0 Å². The first kappa shape index (κ1) is 18.5. The fourth-order valence-corrected chi connectivity index (χ4v) is 3.10. The van der Waals surface area contributed by atoms with Gasteiger partial charge in [0.25, 0.3) is 0 Å². The van der Waals surface area contributed by atoms with Crippen molar-refractivity contribution >= 4 is 5.65 Å². The maximum atomic E-state index is 12.5. The van der Waals surface area contributed by atoms with Crippen molar-refractivity contribution in [1.29, 1.82) is 0 Å². The molecule has 0 radical (unpaired) electrons. The first-order valence-corrected chi connectivity index (χ1v) is 8.89. The molecule has 4 rings (SSSR count). The average molecular weight is 393 g/mol. The first-order chi connectivity index (χ1) is 13.5. The summed E-state index contributed by atoms with van der Waals surface area (Å²) >= 11 is 0. The second kappa shape index (κ2) is 7.67. The molecule has 28 heavy (non-hydrogen) atoms. The van der Waals surface area contributed by atoms with E-state index in [0.717, 1.165) is 26.1 Å². The SMILES string of the molecule is FC(F)(F)Oc1cccc(-c2cnc3ccc(OCC4CCOCC4)nn23)c1. The van der Waals surface area contributed by atoms with Crippen LogP contribution in [0.15, 0.2) is 42.6 Å². The number of aromatic nitrogens is 3. The number of imidazole rings is 1. The van der Waals surface area contributed by atoms with Gasteiger partial charge in [0, 0.05) is 24.8 Å². The van der Waals surface area contributed by atoms with E-state index in [0.29, 0.717) is 35.3 Å². The Morgan fingerprint density at radius 2 is 1.96 bits per heavy atom. The van der Waals surface area contributed by atoms with Gasteiger partial charge in [0.2, 0.25) is 5.88 Å². The van der Waals surface area contributed by atoms with E-state index in [1.165, 1.54) is 18.2 Å². The lowest BCUT2D eigenvalue weighted by Gasteiger charge is -2.21. The van der Waals surface area contributed by atoms with Crippen LogP contribution in [0.1, 0.15) is 12.8 Å². The van der Waals surface area contributed by atoms with Gasteiger partial charge >= 0.3 is 6.36 Å². The normalized spacial score (nSPS) is 15.7. The van der Waals surface area contributed by atoms with Gasteiger partial charge in [0.05, 0.1) is 18.5 Å². The number of benzene rings is 1. The lowest BCUT2D eigenvalue weighted by molar-refractivity contribution is -0.274. The highest BCUT2D eigenvalue weighted by Gasteiger charge is 2.31. The Bertz CT molecular complexity index is 952. The molecular weight excluding hydrogens is 375 g/mol. The molecule has 0 bridgehead atoms. The molecule has 0 amide bonds. The molecule has 0 N–H and O–H groups in total. The summed E-state index contributed by atoms with van der Waals surface area (Å²) in [5.41, 5.74) is 1.61. The van der Waals surface area contributed by atoms with Crippen LogP contribution >= 0.6 is 0 Å². The molecule has 3 heterocycles. The monoisotopic (exact) mass is 393 g/mol. The standard InChI is InChI=1S/C19H18F3N3O3/c20-19(21,22)28-15-3-1-2-14(10-15)16-11-23-17-4-5-18(24-25(16)17)27-12-13-6-8-26-9-7-13/h1-5,10-11,13H,6-9,12H2. The van der Waals surface area contributed by atoms with Gasteiger partial charge < -0.3 is 14.2 Å². The number of halogens is 3. The summed E-state index contributed by atoms with van der Waals surface area (Å²) in [6.07, 6.45) is -1.30. The topological polar surface area (TPSA) is 57.9 Å². The molecule has 3 aromatic rings. The molecule has 2 aromatic heterocycles. The molecule has 0 atom stereocenters. The van der Waals surface area contributed by atoms with Crippen molar-refractivity contribution in [2.24, 2.45) is 5.92 Å². The van der Waals surface area contributed by atoms with Crippen LogP contribution < -0.4 is 9.47 Å². The van der Waals surface area contributed by atoms with Crippen molar-refractivity contribution in [3.8, 4) is 22.9 Å². The molecule has 1 fully saturated rings. The minimum atomic E-state index is -4.75. The molecule has 0 aliphatic carbocycles. The Hall–Kier alpha value is -2.81. The third kappa shape index (κ3) is 4.36. The second-order valence-corrected chi connectivity index (χ2v) is 6.53. The summed E-state index contributed by atoms with van der Waals surface area (Å²) in [5.74, 6) is 0.553. The van der Waals surface area contributed by atoms with Crippen LogP contribution in [0.4, 0.5) is 13.2 Å². The molecule has 148 valence electrons. The van der Waals surface area contributed by atoms with E-state index in [-0.39, 0.29) is 5.75 Å². The van der Waals surface area contributed by atoms with Crippen molar-refractivity contribution in [2.45, 2.75) is 19.2 Å². The highest BCUT2D eigenvalue weighted by Crippen LogP contribution is 2.28. The summed E-state index contributed by atoms with van der Waals surface area (Å²) in [5, 5.41) is 4.44. The van der Waals surface area contributed by atoms with E-state index in [1.807, 2.05) is 0 Å². The second-order valence-electron chi connectivity index (χ2n) is 6.53. The highest BCUT2D eigenvalue weighted by atomic mass is 19.4. The third-order valence-electron chi connectivity index (χ3n) is 4.51. The number of alkyl halides is 3. The molecule has 0 unspecified atom stereocenters. The van der Waals surface area contributed by atoms with E-state index < -0.39 is 6.36 Å². The zero-order valence-corrected chi connectivity index (χ0v) is 14.9. The van der Waals surface area contributed by atoms with E-state index in [2.05, 4.69) is 14.8 Å². The fraction of sp³-hybridized carbons (Fsp3) is 0.368. The van der Waals surface area contributed by atoms with E-state index in [9.17, 15) is 13.2 Å². The molecule has 1 aliphatic heterocycles. The van der Waals surface area contributed by atoms with Crippen molar-refractivity contribution in [1.82, 2.24) is 14.6 Å². The third-order valence-corrected chi connectivity index (χ3v) is 4.51. The molecule has 1 aromatic carbocycles. The van der Waals surface area contributed by atoms with E-state index >= 15 is 0 Å². The minimum Gasteiger partial charge on any atom is -0.476 e. The molecule has 1 saturated heterocycles. The van der Waals surface area contributed by atoms with Crippen LogP contribution in [0.25, 0.3) is 16.9 Å². The summed E-state index contributed by atoms with van der Waals surface area (Å²) in [4.78, 5) is 4.26. The van der Waals surface area contributed by atoms with Crippen LogP contribution in [-0.4, -0.2) is 40.8 Å². The summed E-state index contributed by atoms with van der Waals surface area (Å²) in [6.45, 7) is 2.02. The fourth-order valence-electron chi connectivity index (χ4n) is 3.10. The number of hydrogen-bond donors (Lipinski definition) is 0. The number of nitrogens with zero attached hydrogens (tertiary/aromatic N) is 3. The van der Waals surface area contributed by atoms with Gasteiger partial charge in [0.15, 0.2) is 5.65 Å². The van der Waals surface area contributed by atoms with E-state index in [1.54, 1.807) is 28.9 Å². The quantitative estimate of drug-likeness (QED) is 0.653. The molecule has 0 spiro atoms. The van der Waals surface area contributed by atoms with Crippen molar-refractivity contribution in [2.75, 3.05) is 19.8 Å². The average Bonchev–Trinajstić information content (AvgIpc) is 3.09. The summed E-state index contributed by atoms with van der Waals surface area (Å²) in [7, 11) is 0. The highest BCUT2D eigenvalue weighted by molar-refractivity contribution is 5.64. The summed E-state index contributed by atoms with van der Waals surface area (Å²) < 4.78 is 54.1. The van der Waals surface area contributed by atoms with Crippen molar-refractivity contribution < 1.29 is 27.4 Å². The number of hydrogen-bond acceptors (Lipinski definition) is 5. The summed E-state index contributed by atoms with van der Waals surface area (Å²) in [6, 6.07) is 9.19. The van der Waals surface area contributed by atoms with Gasteiger partial charge in [-0.3, -0.25) is 0 Å². The minimum absolute atomic E-state index is 0.299. The predicted octanol–water partition coefficient (Wildman–Crippen LogP) is 4.10. The van der Waals surface area contributed by atoms with Crippen LogP contribution in [0.3, 0.4) is 0 Å². The number of fused-ring (bicyclic) bond motifs is 1. The van der Waals surface area contributed by atoms with Gasteiger partial charge in [-0.15, -0.1) is 18.3 Å². The lowest BCUT2D eigenvalue weighted by atomic mass is 10.0. The lowest BCUT2D eigenvalue weighted by Crippen LogP contribution is -2.21. The first-order valence-electron chi connectivity index (χ1n) is 8.89. The van der Waals surface area contributed by atoms with Gasteiger partial charge in [-0.25, -0.2) is 9.50 Å². The Kier molecular flexibility index (Phi) is 5.08. The maximum absolute atomic E-state index is 12.5. The van der Waals surface area contributed by atoms with Crippen molar-refractivity contribution in [3.05, 3.63) is 42.6 Å². The Morgan fingerprint density at radius 1 is 1.14 bits per heavy atom. The Balaban J connectivity index is 1.57. The number of rotatable bonds is 5. The Labute approximate surface area is 158 Å². The largest absolute Gasteiger partial charge is 0.573 e. The molecule has 9 heteroatoms. The van der Waals surface area contributed by atoms with Gasteiger partial charge in [-0.2, -0.15) is 0 Å². The van der Waals surface area contributed by atoms with Crippen LogP contribution in [-0.2, 0) is 4.74 Å². The van der Waals surface area contributed by atoms with Gasteiger partial charge in [-0.05, 0) is 37.0 Å². The predicted molar refractivity (Wildman–Crippen MR) is 94.1 cm³/mol. The number of ether oxygens (including phenoxy) is 3. The zero-order valence-electron chi connectivity index (χ0n) is 14.9. The smallest absolute Gasteiger partial charge is 0.476 e.